The van der Waals surface area contributed by atoms with Crippen molar-refractivity contribution >= 4 is 22.3 Å². The molecule has 3 aromatic carbocycles. The molecular formula is C23H21F2NO4. The third kappa shape index (κ3) is 5.26. The van der Waals surface area contributed by atoms with E-state index in [-0.39, 0.29) is 17.9 Å². The van der Waals surface area contributed by atoms with Gasteiger partial charge in [-0.2, -0.15) is 8.78 Å². The average molecular weight is 413 g/mol. The molecule has 0 aliphatic carbocycles. The first-order chi connectivity index (χ1) is 14.5. The zero-order chi connectivity index (χ0) is 21.5. The summed E-state index contributed by atoms with van der Waals surface area (Å²) in [4.78, 5) is 12.7. The summed E-state index contributed by atoms with van der Waals surface area (Å²) in [5.41, 5.74) is 1.31. The Labute approximate surface area is 172 Å². The van der Waals surface area contributed by atoms with E-state index in [0.29, 0.717) is 17.7 Å². The lowest BCUT2D eigenvalue weighted by Crippen LogP contribution is -2.26. The molecule has 30 heavy (non-hydrogen) atoms. The highest BCUT2D eigenvalue weighted by Crippen LogP contribution is 2.26. The summed E-state index contributed by atoms with van der Waals surface area (Å²) in [7, 11) is 1.45. The molecule has 3 aromatic rings. The lowest BCUT2D eigenvalue weighted by Gasteiger charge is -2.11. The Morgan fingerprint density at radius 1 is 1.10 bits per heavy atom. The molecule has 0 fully saturated rings. The number of carbonyl (C=O) groups is 1. The van der Waals surface area contributed by atoms with Gasteiger partial charge in [-0.3, -0.25) is 4.79 Å². The van der Waals surface area contributed by atoms with Crippen molar-refractivity contribution < 1.29 is 28.2 Å². The molecule has 3 rings (SSSR count). The maximum atomic E-state index is 12.7. The summed E-state index contributed by atoms with van der Waals surface area (Å²) in [6.45, 7) is -2.77. The maximum absolute atomic E-state index is 12.7. The Morgan fingerprint density at radius 2 is 1.87 bits per heavy atom. The molecule has 0 bridgehead atoms. The second-order valence-corrected chi connectivity index (χ2v) is 6.50. The number of rotatable bonds is 8. The van der Waals surface area contributed by atoms with Crippen molar-refractivity contribution in [3.63, 3.8) is 0 Å². The van der Waals surface area contributed by atoms with Crippen LogP contribution in [0.1, 0.15) is 11.1 Å². The molecule has 0 aliphatic rings. The summed E-state index contributed by atoms with van der Waals surface area (Å²) in [6, 6.07) is 17.7. The monoisotopic (exact) mass is 413 g/mol. The van der Waals surface area contributed by atoms with E-state index in [1.54, 1.807) is 24.3 Å². The van der Waals surface area contributed by atoms with Crippen LogP contribution in [0.5, 0.6) is 11.5 Å². The van der Waals surface area contributed by atoms with Crippen molar-refractivity contribution in [1.29, 1.82) is 0 Å². The number of phenolic OH excluding ortho intramolecular Hbond substituents is 1. The zero-order valence-corrected chi connectivity index (χ0v) is 16.3. The van der Waals surface area contributed by atoms with Crippen LogP contribution >= 0.6 is 0 Å². The number of phenols is 1. The fourth-order valence-electron chi connectivity index (χ4n) is 3.02. The molecule has 0 unspecified atom stereocenters. The van der Waals surface area contributed by atoms with Gasteiger partial charge in [0.25, 0.3) is 5.91 Å². The van der Waals surface area contributed by atoms with Gasteiger partial charge < -0.3 is 19.9 Å². The van der Waals surface area contributed by atoms with E-state index in [0.717, 1.165) is 22.6 Å². The molecule has 2 N–H and O–H groups in total. The number of nitrogens with one attached hydrogen (secondary N) is 1. The highest BCUT2D eigenvalue weighted by Gasteiger charge is 2.15. The highest BCUT2D eigenvalue weighted by molar-refractivity contribution is 6.19. The Bertz CT molecular complexity index is 1070. The Kier molecular flexibility index (Phi) is 6.85. The summed E-state index contributed by atoms with van der Waals surface area (Å²) in [6.07, 6.45) is 1.25. The van der Waals surface area contributed by atoms with Crippen molar-refractivity contribution in [2.75, 3.05) is 13.7 Å². The molecule has 0 heterocycles. The van der Waals surface area contributed by atoms with Crippen LogP contribution in [0.2, 0.25) is 0 Å². The minimum absolute atomic E-state index is 0.00402. The molecule has 5 nitrogen and oxygen atoms in total. The van der Waals surface area contributed by atoms with Gasteiger partial charge in [0, 0.05) is 6.54 Å². The molecule has 0 saturated carbocycles. The number of carbonyl (C=O) groups excluding carboxylic acids is 1. The first kappa shape index (κ1) is 21.1. The van der Waals surface area contributed by atoms with Crippen LogP contribution in [0.3, 0.4) is 0 Å². The molecule has 0 saturated heterocycles. The molecule has 0 spiro atoms. The third-order valence-electron chi connectivity index (χ3n) is 4.54. The fraction of sp³-hybridized carbons (Fsp3) is 0.174. The molecule has 0 aromatic heterocycles. The van der Waals surface area contributed by atoms with Crippen molar-refractivity contribution in [3.8, 4) is 11.5 Å². The van der Waals surface area contributed by atoms with E-state index in [4.69, 9.17) is 4.74 Å². The number of hydrogen-bond acceptors (Lipinski definition) is 4. The zero-order valence-electron chi connectivity index (χ0n) is 16.3. The predicted octanol–water partition coefficient (Wildman–Crippen LogP) is 4.49. The third-order valence-corrected chi connectivity index (χ3v) is 4.54. The highest BCUT2D eigenvalue weighted by atomic mass is 19.3. The molecule has 1 amide bonds. The number of ether oxygens (including phenoxy) is 2. The molecule has 0 atom stereocenters. The number of aromatic hydroxyl groups is 1. The van der Waals surface area contributed by atoms with Crippen LogP contribution < -0.4 is 10.1 Å². The molecular weight excluding hydrogens is 392 g/mol. The number of methoxy groups -OCH3 is 1. The van der Waals surface area contributed by atoms with Crippen LogP contribution in [-0.4, -0.2) is 31.3 Å². The predicted molar refractivity (Wildman–Crippen MR) is 110 cm³/mol. The minimum Gasteiger partial charge on any atom is -0.504 e. The van der Waals surface area contributed by atoms with Crippen LogP contribution in [-0.2, 0) is 16.0 Å². The lowest BCUT2D eigenvalue weighted by molar-refractivity contribution is -0.116. The van der Waals surface area contributed by atoms with E-state index in [9.17, 15) is 18.7 Å². The van der Waals surface area contributed by atoms with E-state index in [1.165, 1.54) is 13.2 Å². The van der Waals surface area contributed by atoms with Crippen LogP contribution in [0.4, 0.5) is 8.78 Å². The van der Waals surface area contributed by atoms with Gasteiger partial charge in [-0.15, -0.1) is 0 Å². The first-order valence-corrected chi connectivity index (χ1v) is 9.25. The smallest absolute Gasteiger partial charge is 0.386 e. The quantitative estimate of drug-likeness (QED) is 0.422. The summed E-state index contributed by atoms with van der Waals surface area (Å²) in [5, 5.41) is 14.2. The molecule has 0 radical (unpaired) electrons. The number of alkyl halides is 2. The first-order valence-electron chi connectivity index (χ1n) is 9.25. The molecule has 7 heteroatoms. The Morgan fingerprint density at radius 3 is 2.60 bits per heavy atom. The standard InChI is InChI=1S/C23H21F2NO4/c1-29-21-12-15(6-9-20(21)27)10-11-26-22(28)19(14-30-23(24)25)18-8-7-16-4-2-3-5-17(16)13-18/h2-9,12-14,23,27H,10-11H2,1H3,(H,26,28). The maximum Gasteiger partial charge on any atom is 0.386 e. The van der Waals surface area contributed by atoms with Crippen LogP contribution in [0.15, 0.2) is 66.9 Å². The van der Waals surface area contributed by atoms with Crippen molar-refractivity contribution in [2.24, 2.45) is 0 Å². The SMILES string of the molecule is COc1cc(CCNC(=O)C(=COC(F)F)c2ccc3ccccc3c2)ccc1O. The largest absolute Gasteiger partial charge is 0.504 e. The van der Waals surface area contributed by atoms with E-state index in [1.807, 2.05) is 30.3 Å². The van der Waals surface area contributed by atoms with Crippen molar-refractivity contribution in [1.82, 2.24) is 5.32 Å². The number of hydrogen-bond donors (Lipinski definition) is 2. The lowest BCUT2D eigenvalue weighted by atomic mass is 10.0. The van der Waals surface area contributed by atoms with Gasteiger partial charge in [0.1, 0.15) is 6.26 Å². The minimum atomic E-state index is -3.03. The van der Waals surface area contributed by atoms with Gasteiger partial charge in [-0.25, -0.2) is 0 Å². The van der Waals surface area contributed by atoms with E-state index in [2.05, 4.69) is 10.1 Å². The van der Waals surface area contributed by atoms with Gasteiger partial charge in [0.2, 0.25) is 0 Å². The van der Waals surface area contributed by atoms with Gasteiger partial charge >= 0.3 is 6.61 Å². The molecule has 0 aliphatic heterocycles. The van der Waals surface area contributed by atoms with Gasteiger partial charge in [0.15, 0.2) is 11.5 Å². The number of halogens is 2. The van der Waals surface area contributed by atoms with Crippen molar-refractivity contribution in [2.45, 2.75) is 13.0 Å². The van der Waals surface area contributed by atoms with Crippen LogP contribution in [0, 0.1) is 0 Å². The van der Waals surface area contributed by atoms with E-state index >= 15 is 0 Å². The van der Waals surface area contributed by atoms with Gasteiger partial charge in [-0.1, -0.05) is 42.5 Å². The Hall–Kier alpha value is -3.61. The van der Waals surface area contributed by atoms with Gasteiger partial charge in [-0.05, 0) is 46.5 Å². The number of fused-ring (bicyclic) bond motifs is 1. The molecule has 156 valence electrons. The second kappa shape index (κ2) is 9.73. The Balaban J connectivity index is 1.74. The summed E-state index contributed by atoms with van der Waals surface area (Å²) in [5.74, 6) is -0.173. The summed E-state index contributed by atoms with van der Waals surface area (Å²) >= 11 is 0. The van der Waals surface area contributed by atoms with Crippen LogP contribution in [0.25, 0.3) is 16.3 Å². The van der Waals surface area contributed by atoms with Crippen molar-refractivity contribution in [3.05, 3.63) is 78.1 Å². The average Bonchev–Trinajstić information content (AvgIpc) is 2.74. The number of amides is 1. The second-order valence-electron chi connectivity index (χ2n) is 6.50. The van der Waals surface area contributed by atoms with Gasteiger partial charge in [0.05, 0.1) is 12.7 Å². The topological polar surface area (TPSA) is 67.8 Å². The fourth-order valence-corrected chi connectivity index (χ4v) is 3.02. The normalized spacial score (nSPS) is 11.5. The van der Waals surface area contributed by atoms with E-state index < -0.39 is 12.5 Å². The summed E-state index contributed by atoms with van der Waals surface area (Å²) < 4.78 is 34.5. The number of benzene rings is 3.